The Morgan fingerprint density at radius 1 is 1.06 bits per heavy atom. The van der Waals surface area contributed by atoms with Gasteiger partial charge in [0.1, 0.15) is 5.84 Å². The van der Waals surface area contributed by atoms with Gasteiger partial charge >= 0.3 is 6.03 Å². The molecule has 3 N–H and O–H groups in total. The third-order valence-electron chi connectivity index (χ3n) is 3.73. The fourth-order valence-electron chi connectivity index (χ4n) is 2.75. The fraction of sp³-hybridized carbons (Fsp3) is 0.833. The maximum Gasteiger partial charge on any atom is 0.320 e. The van der Waals surface area contributed by atoms with Crippen LogP contribution < -0.4 is 5.73 Å². The van der Waals surface area contributed by atoms with Crippen molar-refractivity contribution in [2.75, 3.05) is 19.6 Å². The Bertz CT molecular complexity index is 299. The van der Waals surface area contributed by atoms with Gasteiger partial charge < -0.3 is 15.5 Å². The van der Waals surface area contributed by atoms with Crippen molar-refractivity contribution in [3.8, 4) is 0 Å². The summed E-state index contributed by atoms with van der Waals surface area (Å²) >= 11 is 0. The minimum atomic E-state index is -0.168. The number of nitrogens with zero attached hydrogens (tertiary/aromatic N) is 2. The van der Waals surface area contributed by atoms with E-state index in [4.69, 9.17) is 11.1 Å². The molecule has 2 heterocycles. The molecule has 0 aliphatic carbocycles. The van der Waals surface area contributed by atoms with Gasteiger partial charge in [-0.25, -0.2) is 4.79 Å². The number of amides is 2. The lowest BCUT2D eigenvalue weighted by molar-refractivity contribution is 0.124. The van der Waals surface area contributed by atoms with Crippen LogP contribution in [-0.2, 0) is 0 Å². The van der Waals surface area contributed by atoms with Gasteiger partial charge in [-0.3, -0.25) is 5.41 Å². The molecule has 5 heteroatoms. The minimum Gasteiger partial charge on any atom is -0.386 e. The molecule has 0 spiro atoms. The maximum atomic E-state index is 12.4. The highest BCUT2D eigenvalue weighted by Crippen LogP contribution is 2.20. The first-order valence-corrected chi connectivity index (χ1v) is 6.59. The number of amidine groups is 1. The lowest BCUT2D eigenvalue weighted by Gasteiger charge is -2.39. The summed E-state index contributed by atoms with van der Waals surface area (Å²) in [4.78, 5) is 16.1. The number of urea groups is 1. The summed E-state index contributed by atoms with van der Waals surface area (Å²) in [6.45, 7) is 2.47. The summed E-state index contributed by atoms with van der Waals surface area (Å²) in [6, 6.07) is -0.0808. The molecular weight excluding hydrogens is 216 g/mol. The van der Waals surface area contributed by atoms with E-state index in [1.807, 2.05) is 4.90 Å². The molecule has 2 aliphatic heterocycles. The first-order valence-electron chi connectivity index (χ1n) is 6.59. The van der Waals surface area contributed by atoms with E-state index >= 15 is 0 Å². The van der Waals surface area contributed by atoms with Crippen molar-refractivity contribution in [3.63, 3.8) is 0 Å². The fourth-order valence-corrected chi connectivity index (χ4v) is 2.75. The molecule has 1 atom stereocenters. The molecule has 2 rings (SSSR count). The topological polar surface area (TPSA) is 73.4 Å². The molecule has 96 valence electrons. The van der Waals surface area contributed by atoms with Crippen molar-refractivity contribution in [3.05, 3.63) is 0 Å². The number of hydrogen-bond acceptors (Lipinski definition) is 2. The average molecular weight is 238 g/mol. The highest BCUT2D eigenvalue weighted by atomic mass is 16.2. The Morgan fingerprint density at radius 3 is 2.35 bits per heavy atom. The molecule has 5 nitrogen and oxygen atoms in total. The number of piperidine rings is 2. The van der Waals surface area contributed by atoms with Crippen LogP contribution in [0.1, 0.15) is 38.5 Å². The van der Waals surface area contributed by atoms with E-state index in [0.29, 0.717) is 0 Å². The highest BCUT2D eigenvalue weighted by Gasteiger charge is 2.31. The van der Waals surface area contributed by atoms with E-state index in [1.54, 1.807) is 4.90 Å². The summed E-state index contributed by atoms with van der Waals surface area (Å²) in [5.74, 6) is 0.134. The summed E-state index contributed by atoms with van der Waals surface area (Å²) in [5, 5.41) is 7.59. The van der Waals surface area contributed by atoms with E-state index < -0.39 is 0 Å². The number of carbonyl (C=O) groups is 1. The molecule has 0 saturated carbocycles. The Kier molecular flexibility index (Phi) is 3.86. The van der Waals surface area contributed by atoms with Crippen LogP contribution in [0.25, 0.3) is 0 Å². The predicted molar refractivity (Wildman–Crippen MR) is 67.1 cm³/mol. The van der Waals surface area contributed by atoms with Gasteiger partial charge in [0.15, 0.2) is 0 Å². The van der Waals surface area contributed by atoms with Gasteiger partial charge in [0.25, 0.3) is 0 Å². The van der Waals surface area contributed by atoms with Crippen LogP contribution in [0.5, 0.6) is 0 Å². The minimum absolute atomic E-state index is 0.0876. The van der Waals surface area contributed by atoms with Crippen molar-refractivity contribution >= 4 is 11.9 Å². The quantitative estimate of drug-likeness (QED) is 0.535. The number of likely N-dealkylation sites (tertiary alicyclic amines) is 2. The Labute approximate surface area is 102 Å². The van der Waals surface area contributed by atoms with Gasteiger partial charge in [-0.05, 0) is 38.5 Å². The molecule has 0 aromatic heterocycles. The molecule has 0 aromatic carbocycles. The zero-order chi connectivity index (χ0) is 12.3. The molecule has 0 radical (unpaired) electrons. The largest absolute Gasteiger partial charge is 0.386 e. The van der Waals surface area contributed by atoms with Gasteiger partial charge in [-0.15, -0.1) is 0 Å². The van der Waals surface area contributed by atoms with Crippen LogP contribution in [-0.4, -0.2) is 47.3 Å². The van der Waals surface area contributed by atoms with Crippen LogP contribution in [0.15, 0.2) is 0 Å². The summed E-state index contributed by atoms with van der Waals surface area (Å²) < 4.78 is 0. The molecule has 0 bridgehead atoms. The smallest absolute Gasteiger partial charge is 0.320 e. The lowest BCUT2D eigenvalue weighted by Crippen LogP contribution is -2.55. The first kappa shape index (κ1) is 12.2. The van der Waals surface area contributed by atoms with Crippen molar-refractivity contribution in [1.29, 1.82) is 5.41 Å². The van der Waals surface area contributed by atoms with Crippen LogP contribution in [0.2, 0.25) is 0 Å². The third-order valence-corrected chi connectivity index (χ3v) is 3.73. The first-order chi connectivity index (χ1) is 8.20. The zero-order valence-electron chi connectivity index (χ0n) is 10.3. The van der Waals surface area contributed by atoms with E-state index in [-0.39, 0.29) is 17.9 Å². The second kappa shape index (κ2) is 5.38. The predicted octanol–water partition coefficient (Wildman–Crippen LogP) is 1.38. The van der Waals surface area contributed by atoms with Gasteiger partial charge in [0, 0.05) is 19.6 Å². The van der Waals surface area contributed by atoms with Crippen molar-refractivity contribution in [2.24, 2.45) is 5.73 Å². The van der Waals surface area contributed by atoms with Gasteiger partial charge in [0.2, 0.25) is 0 Å². The third kappa shape index (κ3) is 2.70. The van der Waals surface area contributed by atoms with E-state index in [1.165, 1.54) is 6.42 Å². The van der Waals surface area contributed by atoms with Crippen molar-refractivity contribution in [2.45, 2.75) is 44.6 Å². The van der Waals surface area contributed by atoms with Gasteiger partial charge in [-0.1, -0.05) is 0 Å². The number of rotatable bonds is 1. The van der Waals surface area contributed by atoms with Crippen LogP contribution in [0.4, 0.5) is 4.79 Å². The monoisotopic (exact) mass is 238 g/mol. The van der Waals surface area contributed by atoms with Gasteiger partial charge in [-0.2, -0.15) is 0 Å². The van der Waals surface area contributed by atoms with E-state index in [0.717, 1.165) is 51.7 Å². The summed E-state index contributed by atoms with van der Waals surface area (Å²) in [5.41, 5.74) is 5.60. The Balaban J connectivity index is 2.02. The summed E-state index contributed by atoms with van der Waals surface area (Å²) in [7, 11) is 0. The second-order valence-corrected chi connectivity index (χ2v) is 4.99. The molecule has 2 fully saturated rings. The zero-order valence-corrected chi connectivity index (χ0v) is 10.3. The second-order valence-electron chi connectivity index (χ2n) is 4.99. The molecule has 0 aromatic rings. The van der Waals surface area contributed by atoms with Crippen LogP contribution in [0.3, 0.4) is 0 Å². The normalized spacial score (nSPS) is 25.8. The average Bonchev–Trinajstić information content (AvgIpc) is 2.39. The van der Waals surface area contributed by atoms with Crippen molar-refractivity contribution in [1.82, 2.24) is 9.80 Å². The maximum absolute atomic E-state index is 12.4. The highest BCUT2D eigenvalue weighted by molar-refractivity contribution is 5.88. The molecule has 1 unspecified atom stereocenters. The molecular formula is C12H22N4O. The molecule has 2 aliphatic rings. The standard InChI is InChI=1S/C12H22N4O/c13-11(14)10-6-2-5-9-16(10)12(17)15-7-3-1-4-8-15/h10H,1-9H2,(H3,13,14). The number of nitrogens with two attached hydrogens (primary N) is 1. The number of carbonyl (C=O) groups excluding carboxylic acids is 1. The summed E-state index contributed by atoms with van der Waals surface area (Å²) in [6.07, 6.45) is 6.36. The van der Waals surface area contributed by atoms with Crippen LogP contribution in [0, 0.1) is 5.41 Å². The number of nitrogens with one attached hydrogen (secondary N) is 1. The Morgan fingerprint density at radius 2 is 1.71 bits per heavy atom. The Hall–Kier alpha value is -1.26. The van der Waals surface area contributed by atoms with Gasteiger partial charge in [0.05, 0.1) is 6.04 Å². The SMILES string of the molecule is N=C(N)C1CCCCN1C(=O)N1CCCCC1. The van der Waals surface area contributed by atoms with E-state index in [9.17, 15) is 4.79 Å². The van der Waals surface area contributed by atoms with Crippen LogP contribution >= 0.6 is 0 Å². The lowest BCUT2D eigenvalue weighted by atomic mass is 10.0. The molecule has 17 heavy (non-hydrogen) atoms. The van der Waals surface area contributed by atoms with E-state index in [2.05, 4.69) is 0 Å². The molecule has 2 saturated heterocycles. The molecule has 2 amide bonds. The van der Waals surface area contributed by atoms with Crippen molar-refractivity contribution < 1.29 is 4.79 Å². The number of hydrogen-bond donors (Lipinski definition) is 2.